The van der Waals surface area contributed by atoms with E-state index in [1.807, 2.05) is 42.5 Å². The number of rotatable bonds is 4. The number of nitrogens with zero attached hydrogens (tertiary/aromatic N) is 3. The second-order valence-corrected chi connectivity index (χ2v) is 11.2. The summed E-state index contributed by atoms with van der Waals surface area (Å²) >= 11 is 0. The summed E-state index contributed by atoms with van der Waals surface area (Å²) in [5.74, 6) is 0.683. The van der Waals surface area contributed by atoms with Gasteiger partial charge >= 0.3 is 0 Å². The maximum absolute atomic E-state index is 6.42. The normalized spacial score (nSPS) is 11.6. The summed E-state index contributed by atoms with van der Waals surface area (Å²) in [7, 11) is 0. The Morgan fingerprint density at radius 1 is 0.356 bits per heavy atom. The van der Waals surface area contributed by atoms with Crippen LogP contribution in [0.2, 0.25) is 0 Å². The summed E-state index contributed by atoms with van der Waals surface area (Å²) in [4.78, 5) is 15.2. The predicted molar refractivity (Wildman–Crippen MR) is 184 cm³/mol. The highest BCUT2D eigenvalue weighted by atomic mass is 16.3. The molecule has 210 valence electrons. The van der Waals surface area contributed by atoms with E-state index in [0.29, 0.717) is 5.82 Å². The summed E-state index contributed by atoms with van der Waals surface area (Å²) in [6.07, 6.45) is 0. The fourth-order valence-corrected chi connectivity index (χ4v) is 6.28. The molecule has 3 aromatic heterocycles. The lowest BCUT2D eigenvalue weighted by Gasteiger charge is -2.11. The van der Waals surface area contributed by atoms with Crippen molar-refractivity contribution in [2.45, 2.75) is 0 Å². The SMILES string of the molecule is c1ccc(-c2ccc(-c3nc(-c4ccc(-c5nc6ccccc6c6c5oc5ccccc56)cc4)nc4ccccc34)cc2)cc1. The predicted octanol–water partition coefficient (Wildman–Crippen LogP) is 10.7. The Morgan fingerprint density at radius 2 is 0.889 bits per heavy atom. The van der Waals surface area contributed by atoms with Crippen LogP contribution in [0.5, 0.6) is 0 Å². The van der Waals surface area contributed by atoms with Crippen LogP contribution < -0.4 is 0 Å². The second kappa shape index (κ2) is 10.2. The van der Waals surface area contributed by atoms with Crippen LogP contribution in [-0.2, 0) is 0 Å². The van der Waals surface area contributed by atoms with Gasteiger partial charge in [-0.1, -0.05) is 133 Å². The minimum Gasteiger partial charge on any atom is -0.454 e. The van der Waals surface area contributed by atoms with E-state index in [4.69, 9.17) is 19.4 Å². The molecule has 0 aliphatic carbocycles. The number of hydrogen-bond donors (Lipinski definition) is 0. The minimum absolute atomic E-state index is 0.683. The third-order valence-corrected chi connectivity index (χ3v) is 8.50. The topological polar surface area (TPSA) is 51.8 Å². The van der Waals surface area contributed by atoms with E-state index in [0.717, 1.165) is 71.8 Å². The number of furan rings is 1. The molecule has 0 unspecified atom stereocenters. The molecule has 0 radical (unpaired) electrons. The third kappa shape index (κ3) is 4.27. The Kier molecular flexibility index (Phi) is 5.78. The number of benzene rings is 6. The summed E-state index contributed by atoms with van der Waals surface area (Å²) in [6.45, 7) is 0. The molecule has 0 spiro atoms. The smallest absolute Gasteiger partial charge is 0.162 e. The number of fused-ring (bicyclic) bond motifs is 6. The van der Waals surface area contributed by atoms with E-state index >= 15 is 0 Å². The second-order valence-electron chi connectivity index (χ2n) is 11.2. The molecule has 0 aliphatic heterocycles. The van der Waals surface area contributed by atoms with Crippen LogP contribution in [0.25, 0.3) is 88.8 Å². The van der Waals surface area contributed by atoms with Crippen LogP contribution in [0.4, 0.5) is 0 Å². The summed E-state index contributed by atoms with van der Waals surface area (Å²) in [6, 6.07) is 52.0. The van der Waals surface area contributed by atoms with E-state index < -0.39 is 0 Å². The van der Waals surface area contributed by atoms with E-state index in [1.165, 1.54) is 11.1 Å². The fraction of sp³-hybridized carbons (Fsp3) is 0. The summed E-state index contributed by atoms with van der Waals surface area (Å²) in [5.41, 5.74) is 10.6. The number of para-hydroxylation sites is 3. The Balaban J connectivity index is 1.15. The molecule has 0 saturated heterocycles. The van der Waals surface area contributed by atoms with Gasteiger partial charge in [-0.25, -0.2) is 15.0 Å². The van der Waals surface area contributed by atoms with Gasteiger partial charge in [-0.3, -0.25) is 0 Å². The molecule has 0 fully saturated rings. The molecule has 9 rings (SSSR count). The Morgan fingerprint density at radius 3 is 1.64 bits per heavy atom. The molecule has 0 atom stereocenters. The van der Waals surface area contributed by atoms with Gasteiger partial charge in [0.2, 0.25) is 0 Å². The third-order valence-electron chi connectivity index (χ3n) is 8.50. The zero-order chi connectivity index (χ0) is 29.7. The van der Waals surface area contributed by atoms with Crippen LogP contribution in [0.1, 0.15) is 0 Å². The zero-order valence-corrected chi connectivity index (χ0v) is 24.2. The maximum atomic E-state index is 6.42. The summed E-state index contributed by atoms with van der Waals surface area (Å²) < 4.78 is 6.42. The van der Waals surface area contributed by atoms with Crippen molar-refractivity contribution < 1.29 is 4.42 Å². The van der Waals surface area contributed by atoms with Crippen LogP contribution >= 0.6 is 0 Å². The lowest BCUT2D eigenvalue weighted by atomic mass is 10.0. The molecule has 0 saturated carbocycles. The molecular formula is C41H25N3O. The monoisotopic (exact) mass is 575 g/mol. The van der Waals surface area contributed by atoms with Crippen molar-refractivity contribution in [1.29, 1.82) is 0 Å². The first-order valence-corrected chi connectivity index (χ1v) is 15.0. The standard InChI is InChI=1S/C41H25N3O/c1-2-10-26(11-3-1)27-18-20-28(21-19-27)38-32-13-5-8-16-35(32)43-41(44-38)30-24-22-29(23-25-30)39-40-37(31-12-4-7-15-34(31)42-39)33-14-6-9-17-36(33)45-40/h1-25H. The highest BCUT2D eigenvalue weighted by Gasteiger charge is 2.18. The molecule has 0 N–H and O–H groups in total. The molecule has 0 bridgehead atoms. The van der Waals surface area contributed by atoms with Crippen molar-refractivity contribution in [2.75, 3.05) is 0 Å². The molecule has 4 heteroatoms. The lowest BCUT2D eigenvalue weighted by molar-refractivity contribution is 0.669. The molecular weight excluding hydrogens is 550 g/mol. The highest BCUT2D eigenvalue weighted by Crippen LogP contribution is 2.39. The molecule has 45 heavy (non-hydrogen) atoms. The molecule has 6 aromatic carbocycles. The minimum atomic E-state index is 0.683. The number of aromatic nitrogens is 3. The van der Waals surface area contributed by atoms with E-state index in [9.17, 15) is 0 Å². The van der Waals surface area contributed by atoms with Gasteiger partial charge in [0.25, 0.3) is 0 Å². The molecule has 3 heterocycles. The van der Waals surface area contributed by atoms with Crippen LogP contribution in [0.15, 0.2) is 156 Å². The quantitative estimate of drug-likeness (QED) is 0.209. The van der Waals surface area contributed by atoms with Gasteiger partial charge in [0, 0.05) is 38.2 Å². The number of hydrogen-bond acceptors (Lipinski definition) is 4. The van der Waals surface area contributed by atoms with Gasteiger partial charge in [-0.2, -0.15) is 0 Å². The van der Waals surface area contributed by atoms with Crippen molar-refractivity contribution >= 4 is 43.7 Å². The van der Waals surface area contributed by atoms with Gasteiger partial charge in [-0.15, -0.1) is 0 Å². The molecule has 0 amide bonds. The fourth-order valence-electron chi connectivity index (χ4n) is 6.28. The van der Waals surface area contributed by atoms with Crippen LogP contribution in [0, 0.1) is 0 Å². The van der Waals surface area contributed by atoms with Crippen LogP contribution in [0.3, 0.4) is 0 Å². The highest BCUT2D eigenvalue weighted by molar-refractivity contribution is 6.20. The maximum Gasteiger partial charge on any atom is 0.162 e. The Hall–Kier alpha value is -6.13. The van der Waals surface area contributed by atoms with Crippen molar-refractivity contribution in [3.8, 4) is 45.0 Å². The number of pyridine rings is 1. The van der Waals surface area contributed by atoms with Gasteiger partial charge in [0.15, 0.2) is 11.4 Å². The van der Waals surface area contributed by atoms with Crippen molar-refractivity contribution in [3.05, 3.63) is 152 Å². The van der Waals surface area contributed by atoms with Gasteiger partial charge in [-0.05, 0) is 29.3 Å². The lowest BCUT2D eigenvalue weighted by Crippen LogP contribution is -1.95. The molecule has 9 aromatic rings. The first kappa shape index (κ1) is 25.4. The molecule has 4 nitrogen and oxygen atoms in total. The first-order valence-electron chi connectivity index (χ1n) is 15.0. The molecule has 0 aliphatic rings. The average Bonchev–Trinajstić information content (AvgIpc) is 3.51. The van der Waals surface area contributed by atoms with Gasteiger partial charge in [0.1, 0.15) is 11.3 Å². The van der Waals surface area contributed by atoms with Crippen molar-refractivity contribution in [1.82, 2.24) is 15.0 Å². The van der Waals surface area contributed by atoms with E-state index in [2.05, 4.69) is 109 Å². The largest absolute Gasteiger partial charge is 0.454 e. The Bertz CT molecular complexity index is 2520. The van der Waals surface area contributed by atoms with Crippen molar-refractivity contribution in [2.24, 2.45) is 0 Å². The zero-order valence-electron chi connectivity index (χ0n) is 24.2. The first-order chi connectivity index (χ1) is 22.3. The van der Waals surface area contributed by atoms with Crippen LogP contribution in [-0.4, -0.2) is 15.0 Å². The summed E-state index contributed by atoms with van der Waals surface area (Å²) in [5, 5.41) is 4.30. The Labute approximate surface area is 259 Å². The van der Waals surface area contributed by atoms with Gasteiger partial charge in [0.05, 0.1) is 16.7 Å². The van der Waals surface area contributed by atoms with E-state index in [1.54, 1.807) is 0 Å². The van der Waals surface area contributed by atoms with Crippen molar-refractivity contribution in [3.63, 3.8) is 0 Å². The van der Waals surface area contributed by atoms with Gasteiger partial charge < -0.3 is 4.42 Å². The average molecular weight is 576 g/mol. The van der Waals surface area contributed by atoms with E-state index in [-0.39, 0.29) is 0 Å².